The van der Waals surface area contributed by atoms with Gasteiger partial charge in [0, 0.05) is 41.5 Å². The molecule has 3 aromatic heterocycles. The second-order valence-corrected chi connectivity index (χ2v) is 6.97. The van der Waals surface area contributed by atoms with Crippen molar-refractivity contribution in [3.63, 3.8) is 0 Å². The summed E-state index contributed by atoms with van der Waals surface area (Å²) in [6, 6.07) is 5.91. The lowest BCUT2D eigenvalue weighted by molar-refractivity contribution is -0.115. The number of carbonyl (C=O) groups is 1. The molecule has 0 amide bonds. The minimum atomic E-state index is 0.117. The van der Waals surface area contributed by atoms with E-state index >= 15 is 0 Å². The van der Waals surface area contributed by atoms with Crippen LogP contribution in [0, 0.1) is 5.92 Å². The Hall–Kier alpha value is -3.21. The van der Waals surface area contributed by atoms with E-state index in [0.29, 0.717) is 18.2 Å². The molecule has 1 aliphatic rings. The first-order chi connectivity index (χ1) is 13.2. The largest absolute Gasteiger partial charge is 0.383 e. The molecule has 1 aliphatic carbocycles. The van der Waals surface area contributed by atoms with Crippen LogP contribution in [-0.4, -0.2) is 20.7 Å². The predicted octanol–water partition coefficient (Wildman–Crippen LogP) is 4.54. The van der Waals surface area contributed by atoms with Crippen molar-refractivity contribution in [1.82, 2.24) is 15.0 Å². The molecule has 136 valence electrons. The van der Waals surface area contributed by atoms with Gasteiger partial charge in [-0.1, -0.05) is 12.7 Å². The molecule has 1 atom stereocenters. The lowest BCUT2D eigenvalue weighted by atomic mass is 9.82. The second-order valence-electron chi connectivity index (χ2n) is 6.97. The summed E-state index contributed by atoms with van der Waals surface area (Å²) in [7, 11) is 0. The highest BCUT2D eigenvalue weighted by molar-refractivity contribution is 6.03. The van der Waals surface area contributed by atoms with Crippen molar-refractivity contribution in [3.8, 4) is 11.1 Å². The second kappa shape index (κ2) is 7.19. The van der Waals surface area contributed by atoms with E-state index in [1.54, 1.807) is 6.20 Å². The van der Waals surface area contributed by atoms with Gasteiger partial charge in [0.2, 0.25) is 0 Å². The van der Waals surface area contributed by atoms with Crippen LogP contribution in [0.25, 0.3) is 27.7 Å². The number of nitrogens with two attached hydrogens (primary N) is 1. The average Bonchev–Trinajstić information content (AvgIpc) is 3.12. The summed E-state index contributed by atoms with van der Waals surface area (Å²) in [5.41, 5.74) is 11.3. The maximum atomic E-state index is 11.8. The van der Waals surface area contributed by atoms with Crippen molar-refractivity contribution in [2.75, 3.05) is 5.73 Å². The van der Waals surface area contributed by atoms with Gasteiger partial charge in [-0.2, -0.15) is 0 Å². The molecule has 1 unspecified atom stereocenters. The van der Waals surface area contributed by atoms with Gasteiger partial charge in [-0.15, -0.1) is 0 Å². The zero-order valence-corrected chi connectivity index (χ0v) is 15.1. The van der Waals surface area contributed by atoms with Crippen LogP contribution in [0.1, 0.15) is 31.2 Å². The number of pyridine rings is 2. The number of rotatable bonds is 5. The average molecular weight is 358 g/mol. The molecular weight excluding hydrogens is 336 g/mol. The van der Waals surface area contributed by atoms with Gasteiger partial charge in [0.1, 0.15) is 11.5 Å². The lowest BCUT2D eigenvalue weighted by Gasteiger charge is -2.23. The Balaban J connectivity index is 1.78. The Morgan fingerprint density at radius 1 is 1.26 bits per heavy atom. The van der Waals surface area contributed by atoms with Crippen LogP contribution in [0.3, 0.4) is 0 Å². The lowest BCUT2D eigenvalue weighted by Crippen LogP contribution is -2.11. The van der Waals surface area contributed by atoms with Crippen molar-refractivity contribution in [2.45, 2.75) is 25.7 Å². The molecule has 0 saturated heterocycles. The zero-order valence-electron chi connectivity index (χ0n) is 15.1. The smallest absolute Gasteiger partial charge is 0.155 e. The number of aromatic nitrogens is 3. The van der Waals surface area contributed by atoms with Crippen LogP contribution in [0.4, 0.5) is 5.82 Å². The maximum absolute atomic E-state index is 11.8. The third-order valence-electron chi connectivity index (χ3n) is 5.24. The number of nitrogens with zero attached hydrogens (tertiary/aromatic N) is 2. The van der Waals surface area contributed by atoms with Crippen LogP contribution in [0.2, 0.25) is 0 Å². The predicted molar refractivity (Wildman–Crippen MR) is 109 cm³/mol. The van der Waals surface area contributed by atoms with Crippen LogP contribution in [0.5, 0.6) is 0 Å². The number of nitrogens with one attached hydrogen (secondary N) is 1. The topological polar surface area (TPSA) is 84.7 Å². The molecule has 0 fully saturated rings. The molecular formula is C22H22N4O. The highest BCUT2D eigenvalue weighted by atomic mass is 16.1. The summed E-state index contributed by atoms with van der Waals surface area (Å²) in [5.74, 6) is 0.969. The number of hydrogen-bond donors (Lipinski definition) is 2. The van der Waals surface area contributed by atoms with Gasteiger partial charge >= 0.3 is 0 Å². The van der Waals surface area contributed by atoms with E-state index in [0.717, 1.165) is 47.0 Å². The van der Waals surface area contributed by atoms with Crippen LogP contribution < -0.4 is 5.73 Å². The van der Waals surface area contributed by atoms with Crippen LogP contribution >= 0.6 is 0 Å². The number of aromatic amines is 1. The van der Waals surface area contributed by atoms with Crippen molar-refractivity contribution in [3.05, 3.63) is 61.1 Å². The number of nitrogen functional groups attached to an aromatic ring is 1. The molecule has 0 aliphatic heterocycles. The molecule has 5 nitrogen and oxygen atoms in total. The standard InChI is InChI=1S/C22H22N4O/c1-2-16(27)12-14-5-3-6-15(11-14)17-8-10-25-22-20(17)19(13-26-22)18-7-4-9-24-21(18)23/h2,4,6-10,13-14H,1,3,5,11-12H2,(H2,23,24)(H,25,26). The summed E-state index contributed by atoms with van der Waals surface area (Å²) in [4.78, 5) is 23.8. The Bertz CT molecular complexity index is 1050. The summed E-state index contributed by atoms with van der Waals surface area (Å²) < 4.78 is 0. The Morgan fingerprint density at radius 2 is 2.15 bits per heavy atom. The molecule has 3 heterocycles. The third-order valence-corrected chi connectivity index (χ3v) is 5.24. The van der Waals surface area contributed by atoms with Crippen LogP contribution in [-0.2, 0) is 4.79 Å². The van der Waals surface area contributed by atoms with Crippen molar-refractivity contribution in [1.29, 1.82) is 0 Å². The first-order valence-electron chi connectivity index (χ1n) is 9.19. The van der Waals surface area contributed by atoms with E-state index in [1.165, 1.54) is 11.6 Å². The van der Waals surface area contributed by atoms with Gasteiger partial charge in [-0.05, 0) is 60.6 Å². The Labute approximate surface area is 158 Å². The molecule has 0 saturated carbocycles. The fraction of sp³-hybridized carbons (Fsp3) is 0.227. The molecule has 0 aromatic carbocycles. The van der Waals surface area contributed by atoms with Gasteiger partial charge in [0.15, 0.2) is 5.78 Å². The molecule has 3 aromatic rings. The van der Waals surface area contributed by atoms with Gasteiger partial charge in [-0.3, -0.25) is 4.79 Å². The highest BCUT2D eigenvalue weighted by Crippen LogP contribution is 2.39. The number of H-pyrrole nitrogens is 1. The van der Waals surface area contributed by atoms with E-state index in [1.807, 2.05) is 24.5 Å². The summed E-state index contributed by atoms with van der Waals surface area (Å²) >= 11 is 0. The van der Waals surface area contributed by atoms with Gasteiger partial charge in [0.05, 0.1) is 0 Å². The van der Waals surface area contributed by atoms with E-state index in [4.69, 9.17) is 5.73 Å². The number of carbonyl (C=O) groups excluding carboxylic acids is 1. The SMILES string of the molecule is C=CC(=O)CC1CCC=C(c2ccnc3[nH]cc(-c4cccnc4N)c23)C1. The molecule has 0 bridgehead atoms. The van der Waals surface area contributed by atoms with E-state index < -0.39 is 0 Å². The number of anilines is 1. The number of allylic oxidation sites excluding steroid dienone is 3. The summed E-state index contributed by atoms with van der Waals surface area (Å²) in [6.45, 7) is 3.60. The molecule has 27 heavy (non-hydrogen) atoms. The molecule has 0 radical (unpaired) electrons. The van der Waals surface area contributed by atoms with Crippen molar-refractivity contribution < 1.29 is 4.79 Å². The van der Waals surface area contributed by atoms with Crippen molar-refractivity contribution >= 4 is 28.2 Å². The quantitative estimate of drug-likeness (QED) is 0.656. The van der Waals surface area contributed by atoms with E-state index in [2.05, 4.69) is 33.7 Å². The van der Waals surface area contributed by atoms with E-state index in [9.17, 15) is 4.79 Å². The Kier molecular flexibility index (Phi) is 4.59. The number of ketones is 1. The Morgan fingerprint density at radius 3 is 2.96 bits per heavy atom. The molecule has 3 N–H and O–H groups in total. The minimum Gasteiger partial charge on any atom is -0.383 e. The monoisotopic (exact) mass is 358 g/mol. The third kappa shape index (κ3) is 3.28. The van der Waals surface area contributed by atoms with Crippen LogP contribution in [0.15, 0.2) is 55.5 Å². The zero-order chi connectivity index (χ0) is 18.8. The highest BCUT2D eigenvalue weighted by Gasteiger charge is 2.22. The van der Waals surface area contributed by atoms with Gasteiger partial charge in [0.25, 0.3) is 0 Å². The number of fused-ring (bicyclic) bond motifs is 1. The molecule has 4 rings (SSSR count). The maximum Gasteiger partial charge on any atom is 0.155 e. The fourth-order valence-corrected chi connectivity index (χ4v) is 3.93. The minimum absolute atomic E-state index is 0.117. The number of hydrogen-bond acceptors (Lipinski definition) is 4. The molecule has 0 spiro atoms. The first-order valence-corrected chi connectivity index (χ1v) is 9.19. The summed E-state index contributed by atoms with van der Waals surface area (Å²) in [5, 5.41) is 1.05. The van der Waals surface area contributed by atoms with E-state index in [-0.39, 0.29) is 5.78 Å². The normalized spacial score (nSPS) is 16.9. The van der Waals surface area contributed by atoms with Crippen molar-refractivity contribution in [2.24, 2.45) is 5.92 Å². The summed E-state index contributed by atoms with van der Waals surface area (Å²) in [6.07, 6.45) is 12.6. The van der Waals surface area contributed by atoms with Gasteiger partial charge in [-0.25, -0.2) is 9.97 Å². The van der Waals surface area contributed by atoms with Gasteiger partial charge < -0.3 is 10.7 Å². The first kappa shape index (κ1) is 17.2. The fourth-order valence-electron chi connectivity index (χ4n) is 3.93. The molecule has 5 heteroatoms.